The summed E-state index contributed by atoms with van der Waals surface area (Å²) in [6, 6.07) is 0. The summed E-state index contributed by atoms with van der Waals surface area (Å²) in [7, 11) is 0. The molecule has 0 aliphatic heterocycles. The van der Waals surface area contributed by atoms with Gasteiger partial charge < -0.3 is 9.84 Å². The van der Waals surface area contributed by atoms with Crippen LogP contribution < -0.4 is 0 Å². The molecular weight excluding hydrogens is 268 g/mol. The smallest absolute Gasteiger partial charge is 0.317 e. The molecule has 0 saturated carbocycles. The highest BCUT2D eigenvalue weighted by Crippen LogP contribution is 2.08. The average Bonchev–Trinajstić information content (AvgIpc) is 2.45. The molecule has 0 aliphatic rings. The van der Waals surface area contributed by atoms with Crippen molar-refractivity contribution in [3.63, 3.8) is 0 Å². The zero-order valence-corrected chi connectivity index (χ0v) is 14.2. The summed E-state index contributed by atoms with van der Waals surface area (Å²) >= 11 is 0. The van der Waals surface area contributed by atoms with Gasteiger partial charge in [0.05, 0.1) is 6.61 Å². The summed E-state index contributed by atoms with van der Waals surface area (Å²) in [4.78, 5) is 21.0. The lowest BCUT2D eigenvalue weighted by molar-refractivity contribution is -0.151. The zero-order chi connectivity index (χ0) is 16.3. The van der Waals surface area contributed by atoms with Gasteiger partial charge in [-0.2, -0.15) is 0 Å². The van der Waals surface area contributed by atoms with Crippen molar-refractivity contribution in [3.05, 3.63) is 0 Å². The lowest BCUT2D eigenvalue weighted by atomic mass is 10.1. The number of hydrogen-bond donors (Lipinski definition) is 1. The largest absolute Gasteiger partial charge is 0.481 e. The Morgan fingerprint density at radius 1 is 0.762 bits per heavy atom. The number of ether oxygens (including phenoxy) is 1. The maximum absolute atomic E-state index is 10.9. The number of unbranched alkanes of at least 4 members (excludes halogenated alkanes) is 8. The van der Waals surface area contributed by atoms with Crippen molar-refractivity contribution < 1.29 is 19.4 Å². The first kappa shape index (κ1) is 22.2. The van der Waals surface area contributed by atoms with Crippen LogP contribution in [0.5, 0.6) is 0 Å². The molecule has 0 unspecified atom stereocenters. The third kappa shape index (κ3) is 24.4. The molecule has 4 nitrogen and oxygen atoms in total. The van der Waals surface area contributed by atoms with Crippen LogP contribution in [0, 0.1) is 0 Å². The Labute approximate surface area is 130 Å². The van der Waals surface area contributed by atoms with E-state index >= 15 is 0 Å². The Bertz CT molecular complexity index is 237. The molecular formula is C17H34O4. The third-order valence-corrected chi connectivity index (χ3v) is 3.06. The van der Waals surface area contributed by atoms with Crippen LogP contribution in [-0.4, -0.2) is 23.7 Å². The Kier molecular flexibility index (Phi) is 20.0. The van der Waals surface area contributed by atoms with Crippen molar-refractivity contribution in [2.24, 2.45) is 0 Å². The van der Waals surface area contributed by atoms with E-state index in [4.69, 9.17) is 9.84 Å². The predicted molar refractivity (Wildman–Crippen MR) is 86.4 cm³/mol. The van der Waals surface area contributed by atoms with Crippen LogP contribution in [0.25, 0.3) is 0 Å². The van der Waals surface area contributed by atoms with Gasteiger partial charge in [-0.15, -0.1) is 0 Å². The van der Waals surface area contributed by atoms with E-state index in [9.17, 15) is 9.59 Å². The van der Waals surface area contributed by atoms with Crippen LogP contribution in [0.15, 0.2) is 0 Å². The van der Waals surface area contributed by atoms with Gasteiger partial charge in [0.25, 0.3) is 0 Å². The Morgan fingerprint density at radius 3 is 1.67 bits per heavy atom. The summed E-state index contributed by atoms with van der Waals surface area (Å²) < 4.78 is 4.78. The highest BCUT2D eigenvalue weighted by atomic mass is 16.5. The SMILES string of the molecule is CCCC.CCCCCCCCCCOC(=O)CC(=O)O. The number of rotatable bonds is 12. The van der Waals surface area contributed by atoms with Crippen molar-refractivity contribution >= 4 is 11.9 Å². The number of carbonyl (C=O) groups is 2. The molecule has 4 heteroatoms. The molecule has 21 heavy (non-hydrogen) atoms. The van der Waals surface area contributed by atoms with E-state index < -0.39 is 18.4 Å². The van der Waals surface area contributed by atoms with Crippen molar-refractivity contribution in [1.82, 2.24) is 0 Å². The van der Waals surface area contributed by atoms with Gasteiger partial charge >= 0.3 is 11.9 Å². The second-order valence-electron chi connectivity index (χ2n) is 5.27. The number of carbonyl (C=O) groups excluding carboxylic acids is 1. The summed E-state index contributed by atoms with van der Waals surface area (Å²) in [5.41, 5.74) is 0. The minimum Gasteiger partial charge on any atom is -0.481 e. The van der Waals surface area contributed by atoms with E-state index in [1.54, 1.807) is 0 Å². The molecule has 0 rings (SSSR count). The second-order valence-corrected chi connectivity index (χ2v) is 5.27. The minimum atomic E-state index is -1.13. The molecule has 0 fully saturated rings. The number of carboxylic acids is 1. The van der Waals surface area contributed by atoms with Gasteiger partial charge in [-0.05, 0) is 6.42 Å². The summed E-state index contributed by atoms with van der Waals surface area (Å²) in [6.07, 6.45) is 11.6. The number of aliphatic carboxylic acids is 1. The Hall–Kier alpha value is -1.06. The second kappa shape index (κ2) is 18.9. The summed E-state index contributed by atoms with van der Waals surface area (Å²) in [6.45, 7) is 6.91. The average molecular weight is 302 g/mol. The molecule has 0 radical (unpaired) electrons. The minimum absolute atomic E-state index is 0.348. The van der Waals surface area contributed by atoms with Gasteiger partial charge in [0.2, 0.25) is 0 Å². The van der Waals surface area contributed by atoms with Gasteiger partial charge in [0, 0.05) is 0 Å². The van der Waals surface area contributed by atoms with Crippen molar-refractivity contribution in [1.29, 1.82) is 0 Å². The molecule has 0 saturated heterocycles. The third-order valence-electron chi connectivity index (χ3n) is 3.06. The van der Waals surface area contributed by atoms with E-state index in [2.05, 4.69) is 20.8 Å². The molecule has 0 bridgehead atoms. The quantitative estimate of drug-likeness (QED) is 0.315. The topological polar surface area (TPSA) is 63.6 Å². The molecule has 0 aromatic heterocycles. The fourth-order valence-corrected chi connectivity index (χ4v) is 1.60. The van der Waals surface area contributed by atoms with Gasteiger partial charge in [0.15, 0.2) is 0 Å². The van der Waals surface area contributed by atoms with Crippen LogP contribution in [0.2, 0.25) is 0 Å². The van der Waals surface area contributed by atoms with Gasteiger partial charge in [-0.1, -0.05) is 78.6 Å². The number of hydrogen-bond acceptors (Lipinski definition) is 3. The first-order valence-electron chi connectivity index (χ1n) is 8.45. The Morgan fingerprint density at radius 2 is 1.24 bits per heavy atom. The fourth-order valence-electron chi connectivity index (χ4n) is 1.60. The van der Waals surface area contributed by atoms with Crippen LogP contribution in [-0.2, 0) is 14.3 Å². The lowest BCUT2D eigenvalue weighted by Gasteiger charge is -2.03. The van der Waals surface area contributed by atoms with Crippen molar-refractivity contribution in [3.8, 4) is 0 Å². The van der Waals surface area contributed by atoms with Crippen LogP contribution in [0.1, 0.15) is 91.4 Å². The van der Waals surface area contributed by atoms with Crippen LogP contribution in [0.3, 0.4) is 0 Å². The number of esters is 1. The highest BCUT2D eigenvalue weighted by Gasteiger charge is 2.07. The molecule has 126 valence electrons. The predicted octanol–water partition coefficient (Wildman–Crippen LogP) is 4.95. The van der Waals surface area contributed by atoms with Crippen molar-refractivity contribution in [2.75, 3.05) is 6.61 Å². The molecule has 0 atom stereocenters. The number of carboxylic acid groups (broad SMARTS) is 1. The maximum Gasteiger partial charge on any atom is 0.317 e. The van der Waals surface area contributed by atoms with E-state index in [0.717, 1.165) is 12.8 Å². The summed E-state index contributed by atoms with van der Waals surface area (Å²) in [5, 5.41) is 8.33. The van der Waals surface area contributed by atoms with Crippen LogP contribution in [0.4, 0.5) is 0 Å². The van der Waals surface area contributed by atoms with Gasteiger partial charge in [0.1, 0.15) is 6.42 Å². The van der Waals surface area contributed by atoms with Gasteiger partial charge in [-0.25, -0.2) is 0 Å². The molecule has 0 heterocycles. The normalized spacial score (nSPS) is 9.67. The maximum atomic E-state index is 10.9. The Balaban J connectivity index is 0. The fraction of sp³-hybridized carbons (Fsp3) is 0.882. The van der Waals surface area contributed by atoms with E-state index in [-0.39, 0.29) is 0 Å². The monoisotopic (exact) mass is 302 g/mol. The molecule has 0 amide bonds. The van der Waals surface area contributed by atoms with E-state index in [0.29, 0.717) is 6.61 Å². The van der Waals surface area contributed by atoms with Crippen molar-refractivity contribution in [2.45, 2.75) is 91.4 Å². The van der Waals surface area contributed by atoms with Crippen LogP contribution >= 0.6 is 0 Å². The molecule has 0 aliphatic carbocycles. The highest BCUT2D eigenvalue weighted by molar-refractivity contribution is 5.90. The van der Waals surface area contributed by atoms with Gasteiger partial charge in [-0.3, -0.25) is 9.59 Å². The lowest BCUT2D eigenvalue weighted by Crippen LogP contribution is -2.11. The molecule has 0 aromatic carbocycles. The first-order valence-corrected chi connectivity index (χ1v) is 8.45. The zero-order valence-electron chi connectivity index (χ0n) is 14.2. The molecule has 0 aromatic rings. The first-order chi connectivity index (χ1) is 10.1. The standard InChI is InChI=1S/C13H24O4.C4H10/c1-2-3-4-5-6-7-8-9-10-17-13(16)11-12(14)15;1-3-4-2/h2-11H2,1H3,(H,14,15);3-4H2,1-2H3. The van der Waals surface area contributed by atoms with E-state index in [1.807, 2.05) is 0 Å². The summed E-state index contributed by atoms with van der Waals surface area (Å²) in [5.74, 6) is -1.77. The van der Waals surface area contributed by atoms with E-state index in [1.165, 1.54) is 51.4 Å². The molecule has 0 spiro atoms. The molecule has 1 N–H and O–H groups in total.